The van der Waals surface area contributed by atoms with Crippen molar-refractivity contribution >= 4 is 5.91 Å². The largest absolute Gasteiger partial charge is 0.348 e. The topological polar surface area (TPSA) is 64.7 Å². The summed E-state index contributed by atoms with van der Waals surface area (Å²) in [6, 6.07) is 0. The van der Waals surface area contributed by atoms with Crippen LogP contribution < -0.4 is 5.32 Å². The molecule has 96 valence electrons. The number of nitrogens with zero attached hydrogens (tertiary/aromatic N) is 4. The monoisotopic (exact) mass is 247 g/mol. The van der Waals surface area contributed by atoms with Crippen LogP contribution in [0.1, 0.15) is 28.5 Å². The van der Waals surface area contributed by atoms with E-state index in [0.717, 1.165) is 17.8 Å². The summed E-state index contributed by atoms with van der Waals surface area (Å²) in [6.45, 7) is 5.20. The fourth-order valence-corrected chi connectivity index (χ4v) is 1.67. The Kier molecular flexibility index (Phi) is 3.45. The maximum atomic E-state index is 11.9. The summed E-state index contributed by atoms with van der Waals surface area (Å²) in [5, 5.41) is 11.1. The molecule has 0 saturated carbocycles. The molecule has 0 radical (unpaired) electrons. The molecule has 0 aliphatic rings. The molecule has 2 aromatic rings. The summed E-state index contributed by atoms with van der Waals surface area (Å²) in [4.78, 5) is 11.9. The number of hydrogen-bond donors (Lipinski definition) is 1. The summed E-state index contributed by atoms with van der Waals surface area (Å²) in [7, 11) is 1.82. The van der Waals surface area contributed by atoms with E-state index in [2.05, 4.69) is 15.5 Å². The maximum Gasteiger partial charge on any atom is 0.255 e. The van der Waals surface area contributed by atoms with Gasteiger partial charge in [-0.25, -0.2) is 0 Å². The molecule has 6 heteroatoms. The Balaban J connectivity index is 1.98. The van der Waals surface area contributed by atoms with Crippen molar-refractivity contribution in [2.45, 2.75) is 26.9 Å². The fraction of sp³-hybridized carbons (Fsp3) is 0.417. The van der Waals surface area contributed by atoms with Crippen molar-refractivity contribution in [2.75, 3.05) is 0 Å². The molecule has 0 spiro atoms. The molecule has 0 aliphatic carbocycles. The van der Waals surface area contributed by atoms with Crippen molar-refractivity contribution in [3.63, 3.8) is 0 Å². The van der Waals surface area contributed by atoms with Crippen LogP contribution in [0.15, 0.2) is 18.6 Å². The van der Waals surface area contributed by atoms with Gasteiger partial charge in [0.15, 0.2) is 0 Å². The molecule has 1 N–H and O–H groups in total. The second-order valence-corrected chi connectivity index (χ2v) is 4.15. The van der Waals surface area contributed by atoms with E-state index in [1.807, 2.05) is 31.8 Å². The van der Waals surface area contributed by atoms with Gasteiger partial charge in [-0.2, -0.15) is 10.2 Å². The minimum absolute atomic E-state index is 0.107. The Morgan fingerprint density at radius 3 is 2.72 bits per heavy atom. The predicted octanol–water partition coefficient (Wildman–Crippen LogP) is 0.875. The molecular formula is C12H17N5O. The van der Waals surface area contributed by atoms with Crippen LogP contribution in [0.2, 0.25) is 0 Å². The van der Waals surface area contributed by atoms with Crippen LogP contribution in [0.25, 0.3) is 0 Å². The third kappa shape index (κ3) is 2.42. The van der Waals surface area contributed by atoms with Gasteiger partial charge in [0.1, 0.15) is 0 Å². The highest BCUT2D eigenvalue weighted by molar-refractivity contribution is 5.94. The molecule has 0 fully saturated rings. The van der Waals surface area contributed by atoms with Gasteiger partial charge in [-0.1, -0.05) is 0 Å². The summed E-state index contributed by atoms with van der Waals surface area (Å²) in [5.41, 5.74) is 2.46. The smallest absolute Gasteiger partial charge is 0.255 e. The van der Waals surface area contributed by atoms with E-state index in [1.54, 1.807) is 17.1 Å². The van der Waals surface area contributed by atoms with Crippen LogP contribution in [0.4, 0.5) is 0 Å². The average Bonchev–Trinajstić information content (AvgIpc) is 2.95. The molecule has 0 unspecified atom stereocenters. The van der Waals surface area contributed by atoms with Crippen molar-refractivity contribution in [3.05, 3.63) is 35.4 Å². The molecule has 0 atom stereocenters. The van der Waals surface area contributed by atoms with Crippen LogP contribution in [-0.2, 0) is 20.1 Å². The zero-order valence-electron chi connectivity index (χ0n) is 10.8. The lowest BCUT2D eigenvalue weighted by Gasteiger charge is -2.02. The van der Waals surface area contributed by atoms with E-state index in [1.165, 1.54) is 0 Å². The highest BCUT2D eigenvalue weighted by atomic mass is 16.1. The molecule has 0 aliphatic heterocycles. The van der Waals surface area contributed by atoms with E-state index in [0.29, 0.717) is 12.1 Å². The lowest BCUT2D eigenvalue weighted by Crippen LogP contribution is -2.23. The number of carbonyl (C=O) groups is 1. The van der Waals surface area contributed by atoms with Crippen LogP contribution in [0.3, 0.4) is 0 Å². The molecule has 0 saturated heterocycles. The first-order valence-electron chi connectivity index (χ1n) is 5.90. The van der Waals surface area contributed by atoms with Gasteiger partial charge in [-0.3, -0.25) is 14.2 Å². The number of nitrogens with one attached hydrogen (secondary N) is 1. The first kappa shape index (κ1) is 12.3. The minimum Gasteiger partial charge on any atom is -0.348 e. The Bertz CT molecular complexity index is 555. The van der Waals surface area contributed by atoms with Gasteiger partial charge < -0.3 is 5.32 Å². The molecule has 2 rings (SSSR count). The van der Waals surface area contributed by atoms with Crippen molar-refractivity contribution < 1.29 is 4.79 Å². The molecule has 0 bridgehead atoms. The summed E-state index contributed by atoms with van der Waals surface area (Å²) < 4.78 is 3.51. The van der Waals surface area contributed by atoms with Gasteiger partial charge in [-0.15, -0.1) is 0 Å². The van der Waals surface area contributed by atoms with E-state index < -0.39 is 0 Å². The van der Waals surface area contributed by atoms with Crippen LogP contribution in [0.5, 0.6) is 0 Å². The zero-order valence-corrected chi connectivity index (χ0v) is 10.8. The van der Waals surface area contributed by atoms with Gasteiger partial charge in [0, 0.05) is 37.6 Å². The second kappa shape index (κ2) is 5.03. The molecule has 0 aromatic carbocycles. The first-order valence-corrected chi connectivity index (χ1v) is 5.90. The highest BCUT2D eigenvalue weighted by Gasteiger charge is 2.12. The van der Waals surface area contributed by atoms with Crippen molar-refractivity contribution in [1.82, 2.24) is 24.9 Å². The second-order valence-electron chi connectivity index (χ2n) is 4.15. The van der Waals surface area contributed by atoms with Gasteiger partial charge in [-0.05, 0) is 13.8 Å². The van der Waals surface area contributed by atoms with Gasteiger partial charge in [0.05, 0.1) is 18.0 Å². The Labute approximate surface area is 106 Å². The molecule has 2 heterocycles. The van der Waals surface area contributed by atoms with E-state index in [4.69, 9.17) is 0 Å². The number of aryl methyl sites for hydroxylation is 2. The number of carbonyl (C=O) groups excluding carboxylic acids is 1. The number of rotatable bonds is 4. The molecule has 2 aromatic heterocycles. The van der Waals surface area contributed by atoms with Crippen LogP contribution in [-0.4, -0.2) is 25.5 Å². The normalized spacial score (nSPS) is 10.6. The maximum absolute atomic E-state index is 11.9. The number of amides is 1. The fourth-order valence-electron chi connectivity index (χ4n) is 1.67. The summed E-state index contributed by atoms with van der Waals surface area (Å²) in [5.74, 6) is -0.107. The highest BCUT2D eigenvalue weighted by Crippen LogP contribution is 2.06. The van der Waals surface area contributed by atoms with Crippen molar-refractivity contribution in [3.8, 4) is 0 Å². The Hall–Kier alpha value is -2.11. The lowest BCUT2D eigenvalue weighted by molar-refractivity contribution is 0.0950. The Morgan fingerprint density at radius 2 is 2.17 bits per heavy atom. The first-order chi connectivity index (χ1) is 8.61. The van der Waals surface area contributed by atoms with Crippen LogP contribution in [0, 0.1) is 6.92 Å². The predicted molar refractivity (Wildman–Crippen MR) is 67.0 cm³/mol. The Morgan fingerprint density at radius 1 is 1.39 bits per heavy atom. The number of aromatic nitrogens is 4. The molecule has 18 heavy (non-hydrogen) atoms. The zero-order chi connectivity index (χ0) is 13.1. The summed E-state index contributed by atoms with van der Waals surface area (Å²) >= 11 is 0. The standard InChI is InChI=1S/C12H17N5O/c1-4-17-8-10(6-15-17)5-13-12(18)11-7-14-16(3)9(11)2/h6-8H,4-5H2,1-3H3,(H,13,18). The quantitative estimate of drug-likeness (QED) is 0.872. The van der Waals surface area contributed by atoms with Gasteiger partial charge >= 0.3 is 0 Å². The van der Waals surface area contributed by atoms with Crippen molar-refractivity contribution in [1.29, 1.82) is 0 Å². The van der Waals surface area contributed by atoms with Crippen molar-refractivity contribution in [2.24, 2.45) is 7.05 Å². The van der Waals surface area contributed by atoms with E-state index in [9.17, 15) is 4.79 Å². The van der Waals surface area contributed by atoms with E-state index in [-0.39, 0.29) is 5.91 Å². The SMILES string of the molecule is CCn1cc(CNC(=O)c2cnn(C)c2C)cn1. The third-order valence-electron chi connectivity index (χ3n) is 2.94. The lowest BCUT2D eigenvalue weighted by atomic mass is 10.2. The van der Waals surface area contributed by atoms with Gasteiger partial charge in [0.2, 0.25) is 0 Å². The van der Waals surface area contributed by atoms with Crippen LogP contribution >= 0.6 is 0 Å². The third-order valence-corrected chi connectivity index (χ3v) is 2.94. The molecule has 1 amide bonds. The molecular weight excluding hydrogens is 230 g/mol. The number of hydrogen-bond acceptors (Lipinski definition) is 3. The van der Waals surface area contributed by atoms with Gasteiger partial charge in [0.25, 0.3) is 5.91 Å². The average molecular weight is 247 g/mol. The molecule has 6 nitrogen and oxygen atoms in total. The summed E-state index contributed by atoms with van der Waals surface area (Å²) in [6.07, 6.45) is 5.27. The minimum atomic E-state index is -0.107. The van der Waals surface area contributed by atoms with E-state index >= 15 is 0 Å².